The molecule has 5 aromatic carbocycles. The van der Waals surface area contributed by atoms with Crippen LogP contribution in [0.1, 0.15) is 116 Å². The number of hydrogen-bond donors (Lipinski definition) is 0. The third-order valence-electron chi connectivity index (χ3n) is 14.1. The van der Waals surface area contributed by atoms with Crippen molar-refractivity contribution in [1.29, 1.82) is 0 Å². The van der Waals surface area contributed by atoms with Crippen LogP contribution in [0.4, 0.5) is 0 Å². The van der Waals surface area contributed by atoms with Gasteiger partial charge in [0.15, 0.2) is 0 Å². The smallest absolute Gasteiger partial charge is 0.417 e. The lowest BCUT2D eigenvalue weighted by Gasteiger charge is -2.32. The van der Waals surface area contributed by atoms with Gasteiger partial charge in [-0.2, -0.15) is 0 Å². The van der Waals surface area contributed by atoms with Crippen molar-refractivity contribution in [3.05, 3.63) is 100 Å². The van der Waals surface area contributed by atoms with Gasteiger partial charge in [-0.05, 0) is 101 Å². The first-order valence-electron chi connectivity index (χ1n) is 26.1. The van der Waals surface area contributed by atoms with Crippen molar-refractivity contribution in [1.82, 2.24) is 0 Å². The maximum atomic E-state index is 7.83. The van der Waals surface area contributed by atoms with Crippen molar-refractivity contribution in [3.8, 4) is 28.4 Å². The number of benzene rings is 5. The standard InChI is InChI=1S/C60H88O6P2Si4/c1-38-27-26-28-39-37-61-67(62-52(38)39)63-53-44(29-40(57(2,3)4)33-48(53)69(14,15)16)45-30-41(58(5,6)7)34-49(70(17,18)19)54(45)64-68-65-55-46(31-42(59(8,9)10)35-50(55)71(20,21)22)47-32-43(60(11,12)13)36-51(56(47)66-68)72(23,24)25/h26-36H,37H2,1-25H3. The molecule has 0 aliphatic carbocycles. The molecule has 1 aliphatic heterocycles. The first-order chi connectivity index (χ1) is 32.6. The highest BCUT2D eigenvalue weighted by atomic mass is 31.2. The monoisotopic (exact) mass is 1080 g/mol. The average molecular weight is 1080 g/mol. The normalized spacial score (nSPS) is 15.4. The molecular weight excluding hydrogens is 991 g/mol. The molecule has 7 rings (SSSR count). The minimum atomic E-state index is -2.23. The highest BCUT2D eigenvalue weighted by Gasteiger charge is 2.37. The summed E-state index contributed by atoms with van der Waals surface area (Å²) in [4.78, 5) is 0. The molecule has 1 unspecified atom stereocenters. The molecular formula is C60H88O6P2Si4. The second-order valence-corrected chi connectivity index (χ2v) is 51.1. The van der Waals surface area contributed by atoms with E-state index in [1.807, 2.05) is 0 Å². The van der Waals surface area contributed by atoms with Gasteiger partial charge < -0.3 is 22.0 Å². The van der Waals surface area contributed by atoms with E-state index in [1.165, 1.54) is 43.0 Å². The van der Waals surface area contributed by atoms with E-state index in [1.54, 1.807) is 0 Å². The summed E-state index contributed by atoms with van der Waals surface area (Å²) in [5.74, 6) is 2.46. The van der Waals surface area contributed by atoms with Gasteiger partial charge in [-0.3, -0.25) is 4.52 Å². The fraction of sp³-hybridized carbons (Fsp3) is 0.500. The number of para-hydroxylation sites is 1. The third-order valence-corrected chi connectivity index (χ3v) is 24.0. The molecule has 1 atom stereocenters. The van der Waals surface area contributed by atoms with Crippen molar-refractivity contribution in [2.45, 2.75) is 197 Å². The molecule has 390 valence electrons. The van der Waals surface area contributed by atoms with E-state index in [9.17, 15) is 0 Å². The first kappa shape index (κ1) is 56.4. The van der Waals surface area contributed by atoms with Crippen molar-refractivity contribution < 1.29 is 26.5 Å². The summed E-state index contributed by atoms with van der Waals surface area (Å²) < 4.78 is 43.6. The number of rotatable bonds is 9. The molecule has 6 aromatic rings. The second-order valence-electron chi connectivity index (χ2n) is 28.8. The highest BCUT2D eigenvalue weighted by molar-refractivity contribution is 7.42. The molecule has 0 amide bonds. The molecule has 12 heteroatoms. The molecule has 0 fully saturated rings. The average Bonchev–Trinajstić information content (AvgIpc) is 3.36. The summed E-state index contributed by atoms with van der Waals surface area (Å²) in [5.41, 5.74) is 10.4. The van der Waals surface area contributed by atoms with Crippen LogP contribution in [0, 0.1) is 6.92 Å². The number of hydrogen-bond acceptors (Lipinski definition) is 6. The molecule has 0 radical (unpaired) electrons. The molecule has 2 heterocycles. The molecule has 0 spiro atoms. The zero-order chi connectivity index (χ0) is 53.9. The molecule has 1 aliphatic rings. The molecule has 0 bridgehead atoms. The molecule has 0 saturated carbocycles. The zero-order valence-electron chi connectivity index (χ0n) is 48.9. The van der Waals surface area contributed by atoms with Crippen LogP contribution in [-0.2, 0) is 32.8 Å². The minimum Gasteiger partial charge on any atom is -0.417 e. The SMILES string of the molecule is Cc1cccc2c1OP(Oc1c(-c3cc(C(C)(C)C)cc([Si](C)(C)C)c3Op3oc4c([Si](C)(C)C)cc(C(C)(C)C)cc4c4cc(C(C)(C)C)cc([Si](C)(C)C)c4o3)cc(C(C)(C)C)cc1[Si](C)(C)C)OC2. The summed E-state index contributed by atoms with van der Waals surface area (Å²) in [6.07, 6.45) is 0. The summed E-state index contributed by atoms with van der Waals surface area (Å²) in [6, 6.07) is 25.5. The van der Waals surface area contributed by atoms with Gasteiger partial charge >= 0.3 is 16.8 Å². The second kappa shape index (κ2) is 19.0. The Labute approximate surface area is 441 Å². The summed E-state index contributed by atoms with van der Waals surface area (Å²) in [6.45, 7) is 59.4. The lowest BCUT2D eigenvalue weighted by molar-refractivity contribution is 0.233. The minimum absolute atomic E-state index is 0.0927. The molecule has 1 aromatic heterocycles. The lowest BCUT2D eigenvalue weighted by Crippen LogP contribution is -2.40. The maximum absolute atomic E-state index is 7.83. The van der Waals surface area contributed by atoms with Gasteiger partial charge in [-0.25, -0.2) is 0 Å². The van der Waals surface area contributed by atoms with E-state index in [4.69, 9.17) is 26.5 Å². The van der Waals surface area contributed by atoms with E-state index in [2.05, 4.69) is 235 Å². The Morgan fingerprint density at radius 2 is 0.819 bits per heavy atom. The largest absolute Gasteiger partial charge is 0.463 e. The van der Waals surface area contributed by atoms with E-state index >= 15 is 0 Å². The maximum Gasteiger partial charge on any atom is 0.463 e. The molecule has 0 N–H and O–H groups in total. The van der Waals surface area contributed by atoms with Crippen molar-refractivity contribution >= 4 is 91.8 Å². The summed E-state index contributed by atoms with van der Waals surface area (Å²) in [5, 5.41) is 7.19. The van der Waals surface area contributed by atoms with Crippen LogP contribution in [0.5, 0.6) is 17.2 Å². The summed E-state index contributed by atoms with van der Waals surface area (Å²) >= 11 is 0. The van der Waals surface area contributed by atoms with Crippen LogP contribution in [0.15, 0.2) is 75.1 Å². The summed E-state index contributed by atoms with van der Waals surface area (Å²) in [7, 11) is -12.4. The Bertz CT molecular complexity index is 3000. The van der Waals surface area contributed by atoms with E-state index in [0.29, 0.717) is 6.61 Å². The number of aryl methyl sites for hydroxylation is 1. The van der Waals surface area contributed by atoms with E-state index in [0.717, 1.165) is 61.4 Å². The Hall–Kier alpha value is -3.34. The zero-order valence-corrected chi connectivity index (χ0v) is 54.7. The molecule has 0 saturated heterocycles. The fourth-order valence-corrected chi connectivity index (χ4v) is 17.7. The Morgan fingerprint density at radius 1 is 0.458 bits per heavy atom. The van der Waals surface area contributed by atoms with Crippen molar-refractivity contribution in [2.75, 3.05) is 0 Å². The predicted octanol–water partition coefficient (Wildman–Crippen LogP) is 17.7. The van der Waals surface area contributed by atoms with Crippen LogP contribution in [0.3, 0.4) is 0 Å². The van der Waals surface area contributed by atoms with Gasteiger partial charge in [-0.1, -0.05) is 204 Å². The van der Waals surface area contributed by atoms with E-state index in [-0.39, 0.29) is 21.7 Å². The van der Waals surface area contributed by atoms with Crippen LogP contribution in [0.2, 0.25) is 78.6 Å². The molecule has 72 heavy (non-hydrogen) atoms. The quantitative estimate of drug-likeness (QED) is 0.106. The predicted molar refractivity (Wildman–Crippen MR) is 325 cm³/mol. The van der Waals surface area contributed by atoms with Gasteiger partial charge in [0.05, 0.1) is 38.9 Å². The Kier molecular flexibility index (Phi) is 14.9. The van der Waals surface area contributed by atoms with Gasteiger partial charge in [-0.15, -0.1) is 0 Å². The third kappa shape index (κ3) is 11.9. The van der Waals surface area contributed by atoms with Gasteiger partial charge in [0.2, 0.25) is 0 Å². The first-order valence-corrected chi connectivity index (χ1v) is 42.3. The lowest BCUT2D eigenvalue weighted by atomic mass is 9.83. The van der Waals surface area contributed by atoms with Crippen molar-refractivity contribution in [2.24, 2.45) is 0 Å². The molecule has 6 nitrogen and oxygen atoms in total. The van der Waals surface area contributed by atoms with Gasteiger partial charge in [0, 0.05) is 27.5 Å². The topological polar surface area (TPSA) is 63.2 Å². The highest BCUT2D eigenvalue weighted by Crippen LogP contribution is 2.53. The Morgan fingerprint density at radius 3 is 1.19 bits per heavy atom. The van der Waals surface area contributed by atoms with Crippen LogP contribution in [0.25, 0.3) is 33.1 Å². The van der Waals surface area contributed by atoms with Crippen molar-refractivity contribution in [3.63, 3.8) is 0 Å². The van der Waals surface area contributed by atoms with Gasteiger partial charge in [0.1, 0.15) is 28.4 Å². The van der Waals surface area contributed by atoms with E-state index < -0.39 is 49.1 Å². The number of fused-ring (bicyclic) bond motifs is 4. The van der Waals surface area contributed by atoms with Crippen LogP contribution in [-0.4, -0.2) is 32.3 Å². The van der Waals surface area contributed by atoms with Crippen LogP contribution >= 0.6 is 16.8 Å². The van der Waals surface area contributed by atoms with Gasteiger partial charge in [0.25, 0.3) is 0 Å². The Balaban J connectivity index is 1.68. The fourth-order valence-electron chi connectivity index (χ4n) is 9.25. The van der Waals surface area contributed by atoms with Crippen LogP contribution < -0.4 is 34.3 Å².